The quantitative estimate of drug-likeness (QED) is 0.696. The number of aromatic nitrogens is 1. The van der Waals surface area contributed by atoms with E-state index in [9.17, 15) is 4.79 Å². The van der Waals surface area contributed by atoms with Crippen molar-refractivity contribution in [2.24, 2.45) is 0 Å². The molecule has 1 rings (SSSR count). The van der Waals surface area contributed by atoms with Gasteiger partial charge in [-0.15, -0.1) is 0 Å². The van der Waals surface area contributed by atoms with E-state index in [-0.39, 0.29) is 5.97 Å². The zero-order chi connectivity index (χ0) is 11.1. The minimum absolute atomic E-state index is 0.149. The van der Waals surface area contributed by atoms with E-state index in [0.717, 1.165) is 18.5 Å². The normalized spacial score (nSPS) is 12.1. The lowest BCUT2D eigenvalue weighted by Gasteiger charge is -2.12. The van der Waals surface area contributed by atoms with Crippen LogP contribution in [0.15, 0.2) is 24.4 Å². The summed E-state index contributed by atoms with van der Waals surface area (Å²) in [6, 6.07) is 5.88. The number of methoxy groups -OCH3 is 1. The van der Waals surface area contributed by atoms with E-state index in [0.29, 0.717) is 12.3 Å². The number of hydrogen-bond acceptors (Lipinski definition) is 3. The van der Waals surface area contributed by atoms with Crippen molar-refractivity contribution in [3.63, 3.8) is 0 Å². The number of rotatable bonds is 5. The zero-order valence-electron chi connectivity index (χ0n) is 9.27. The fourth-order valence-corrected chi connectivity index (χ4v) is 1.57. The predicted octanol–water partition coefficient (Wildman–Crippen LogP) is 2.53. The number of ether oxygens (including phenoxy) is 1. The number of esters is 1. The van der Waals surface area contributed by atoms with Gasteiger partial charge in [0.15, 0.2) is 0 Å². The molecular weight excluding hydrogens is 190 g/mol. The molecule has 0 aromatic carbocycles. The van der Waals surface area contributed by atoms with Crippen molar-refractivity contribution >= 4 is 5.97 Å². The Morgan fingerprint density at radius 3 is 2.87 bits per heavy atom. The molecule has 0 fully saturated rings. The van der Waals surface area contributed by atoms with E-state index >= 15 is 0 Å². The van der Waals surface area contributed by atoms with Crippen LogP contribution < -0.4 is 0 Å². The van der Waals surface area contributed by atoms with Gasteiger partial charge in [-0.3, -0.25) is 9.78 Å². The number of hydrogen-bond donors (Lipinski definition) is 0. The SMILES string of the molecule is CCC(CCC(=O)OC)c1ccccn1. The van der Waals surface area contributed by atoms with Gasteiger partial charge < -0.3 is 4.74 Å². The lowest BCUT2D eigenvalue weighted by molar-refractivity contribution is -0.140. The molecule has 0 radical (unpaired) electrons. The van der Waals surface area contributed by atoms with E-state index in [1.807, 2.05) is 18.2 Å². The van der Waals surface area contributed by atoms with Crippen molar-refractivity contribution in [2.45, 2.75) is 32.1 Å². The summed E-state index contributed by atoms with van der Waals surface area (Å²) in [5.41, 5.74) is 1.06. The van der Waals surface area contributed by atoms with Crippen LogP contribution in [0.1, 0.15) is 37.8 Å². The lowest BCUT2D eigenvalue weighted by Crippen LogP contribution is -2.05. The smallest absolute Gasteiger partial charge is 0.305 e. The maximum atomic E-state index is 11.0. The third-order valence-electron chi connectivity index (χ3n) is 2.52. The van der Waals surface area contributed by atoms with E-state index in [1.165, 1.54) is 7.11 Å². The summed E-state index contributed by atoms with van der Waals surface area (Å²) >= 11 is 0. The predicted molar refractivity (Wildman–Crippen MR) is 58.5 cm³/mol. The molecule has 0 saturated heterocycles. The zero-order valence-corrected chi connectivity index (χ0v) is 9.27. The van der Waals surface area contributed by atoms with E-state index in [2.05, 4.69) is 16.6 Å². The molecule has 0 amide bonds. The molecule has 0 saturated carbocycles. The monoisotopic (exact) mass is 207 g/mol. The Kier molecular flexibility index (Phi) is 4.81. The Morgan fingerprint density at radius 1 is 1.53 bits per heavy atom. The Hall–Kier alpha value is -1.38. The molecule has 0 bridgehead atoms. The van der Waals surface area contributed by atoms with Gasteiger partial charge >= 0.3 is 5.97 Å². The average Bonchev–Trinajstić information content (AvgIpc) is 2.31. The number of carbonyl (C=O) groups is 1. The second kappa shape index (κ2) is 6.17. The first-order valence-corrected chi connectivity index (χ1v) is 5.25. The highest BCUT2D eigenvalue weighted by molar-refractivity contribution is 5.69. The van der Waals surface area contributed by atoms with Gasteiger partial charge in [0.2, 0.25) is 0 Å². The summed E-state index contributed by atoms with van der Waals surface area (Å²) in [4.78, 5) is 15.3. The first-order chi connectivity index (χ1) is 7.27. The Bertz CT molecular complexity index is 298. The largest absolute Gasteiger partial charge is 0.469 e. The van der Waals surface area contributed by atoms with Crippen molar-refractivity contribution < 1.29 is 9.53 Å². The molecule has 0 N–H and O–H groups in total. The summed E-state index contributed by atoms with van der Waals surface area (Å²) in [6.07, 6.45) is 4.05. The number of carbonyl (C=O) groups excluding carboxylic acids is 1. The molecule has 82 valence electrons. The molecule has 1 atom stereocenters. The van der Waals surface area contributed by atoms with Crippen LogP contribution in [0, 0.1) is 0 Å². The first kappa shape index (κ1) is 11.7. The van der Waals surface area contributed by atoms with Gasteiger partial charge in [-0.05, 0) is 25.0 Å². The van der Waals surface area contributed by atoms with Crippen molar-refractivity contribution in [1.29, 1.82) is 0 Å². The second-order valence-electron chi connectivity index (χ2n) is 3.47. The molecule has 0 spiro atoms. The number of nitrogens with zero attached hydrogens (tertiary/aromatic N) is 1. The van der Waals surface area contributed by atoms with Crippen LogP contribution in [0.25, 0.3) is 0 Å². The fraction of sp³-hybridized carbons (Fsp3) is 0.500. The van der Waals surface area contributed by atoms with Gasteiger partial charge in [0, 0.05) is 24.2 Å². The van der Waals surface area contributed by atoms with Crippen molar-refractivity contribution in [3.05, 3.63) is 30.1 Å². The van der Waals surface area contributed by atoms with Crippen LogP contribution in [0.5, 0.6) is 0 Å². The van der Waals surface area contributed by atoms with Gasteiger partial charge in [-0.2, -0.15) is 0 Å². The van der Waals surface area contributed by atoms with Crippen LogP contribution >= 0.6 is 0 Å². The maximum absolute atomic E-state index is 11.0. The summed E-state index contributed by atoms with van der Waals surface area (Å²) < 4.78 is 4.62. The summed E-state index contributed by atoms with van der Waals surface area (Å²) in [5.74, 6) is 0.203. The first-order valence-electron chi connectivity index (χ1n) is 5.25. The van der Waals surface area contributed by atoms with Gasteiger partial charge in [0.05, 0.1) is 7.11 Å². The lowest BCUT2D eigenvalue weighted by atomic mass is 9.96. The maximum Gasteiger partial charge on any atom is 0.305 e. The fourth-order valence-electron chi connectivity index (χ4n) is 1.57. The number of pyridine rings is 1. The van der Waals surface area contributed by atoms with E-state index < -0.39 is 0 Å². The second-order valence-corrected chi connectivity index (χ2v) is 3.47. The van der Waals surface area contributed by atoms with Crippen LogP contribution in [-0.2, 0) is 9.53 Å². The highest BCUT2D eigenvalue weighted by Gasteiger charge is 2.12. The molecule has 3 heteroatoms. The molecule has 0 aliphatic heterocycles. The molecule has 15 heavy (non-hydrogen) atoms. The standard InChI is InChI=1S/C12H17NO2/c1-3-10(7-8-12(14)15-2)11-6-4-5-9-13-11/h4-6,9-10H,3,7-8H2,1-2H3. The highest BCUT2D eigenvalue weighted by Crippen LogP contribution is 2.22. The molecule has 1 unspecified atom stereocenters. The molecule has 0 aliphatic rings. The Balaban J connectivity index is 2.53. The van der Waals surface area contributed by atoms with Crippen molar-refractivity contribution in [2.75, 3.05) is 7.11 Å². The van der Waals surface area contributed by atoms with Crippen LogP contribution in [-0.4, -0.2) is 18.1 Å². The molecule has 3 nitrogen and oxygen atoms in total. The van der Waals surface area contributed by atoms with Crippen LogP contribution in [0.4, 0.5) is 0 Å². The summed E-state index contributed by atoms with van der Waals surface area (Å²) in [6.45, 7) is 2.11. The van der Waals surface area contributed by atoms with E-state index in [1.54, 1.807) is 6.20 Å². The molecule has 1 aromatic heterocycles. The van der Waals surface area contributed by atoms with Crippen LogP contribution in [0.2, 0.25) is 0 Å². The topological polar surface area (TPSA) is 39.2 Å². The van der Waals surface area contributed by atoms with Crippen molar-refractivity contribution in [1.82, 2.24) is 4.98 Å². The van der Waals surface area contributed by atoms with Gasteiger partial charge in [-0.1, -0.05) is 13.0 Å². The minimum atomic E-state index is -0.149. The van der Waals surface area contributed by atoms with Crippen molar-refractivity contribution in [3.8, 4) is 0 Å². The summed E-state index contributed by atoms with van der Waals surface area (Å²) in [5, 5.41) is 0. The third-order valence-corrected chi connectivity index (χ3v) is 2.52. The Labute approximate surface area is 90.5 Å². The van der Waals surface area contributed by atoms with Gasteiger partial charge in [-0.25, -0.2) is 0 Å². The van der Waals surface area contributed by atoms with Gasteiger partial charge in [0.1, 0.15) is 0 Å². The molecular formula is C12H17NO2. The van der Waals surface area contributed by atoms with Gasteiger partial charge in [0.25, 0.3) is 0 Å². The molecule has 1 aromatic rings. The Morgan fingerprint density at radius 2 is 2.33 bits per heavy atom. The minimum Gasteiger partial charge on any atom is -0.469 e. The van der Waals surface area contributed by atoms with E-state index in [4.69, 9.17) is 0 Å². The highest BCUT2D eigenvalue weighted by atomic mass is 16.5. The third kappa shape index (κ3) is 3.70. The summed E-state index contributed by atoms with van der Waals surface area (Å²) in [7, 11) is 1.42. The average molecular weight is 207 g/mol. The molecule has 1 heterocycles. The van der Waals surface area contributed by atoms with Crippen LogP contribution in [0.3, 0.4) is 0 Å². The molecule has 0 aliphatic carbocycles.